The van der Waals surface area contributed by atoms with E-state index < -0.39 is 10.0 Å². The molecule has 0 spiro atoms. The Morgan fingerprint density at radius 3 is 2.58 bits per heavy atom. The van der Waals surface area contributed by atoms with Gasteiger partial charge in [-0.3, -0.25) is 4.72 Å². The van der Waals surface area contributed by atoms with E-state index in [1.54, 1.807) is 32.0 Å². The molecule has 0 fully saturated rings. The van der Waals surface area contributed by atoms with Crippen molar-refractivity contribution < 1.29 is 13.5 Å². The van der Waals surface area contributed by atoms with Crippen LogP contribution in [-0.4, -0.2) is 13.5 Å². The van der Waals surface area contributed by atoms with Crippen LogP contribution in [-0.2, 0) is 10.0 Å². The van der Waals surface area contributed by atoms with Crippen LogP contribution in [0.1, 0.15) is 10.4 Å². The Morgan fingerprint density at radius 2 is 2.00 bits per heavy atom. The Hall–Kier alpha value is -1.05. The molecule has 19 heavy (non-hydrogen) atoms. The van der Waals surface area contributed by atoms with Crippen LogP contribution in [0, 0.1) is 13.8 Å². The molecule has 1 heterocycles. The molecule has 0 amide bonds. The molecule has 0 unspecified atom stereocenters. The quantitative estimate of drug-likeness (QED) is 0.876. The molecule has 102 valence electrons. The van der Waals surface area contributed by atoms with Gasteiger partial charge in [-0.2, -0.15) is 0 Å². The number of thiophene rings is 1. The molecule has 0 atom stereocenters. The molecule has 0 saturated heterocycles. The Balaban J connectivity index is 2.42. The highest BCUT2D eigenvalue weighted by molar-refractivity contribution is 9.11. The number of hydrogen-bond donors (Lipinski definition) is 2. The highest BCUT2D eigenvalue weighted by atomic mass is 79.9. The smallest absolute Gasteiger partial charge is 0.263 e. The zero-order chi connectivity index (χ0) is 14.2. The van der Waals surface area contributed by atoms with Gasteiger partial charge in [0.15, 0.2) is 0 Å². The largest absolute Gasteiger partial charge is 0.508 e. The van der Waals surface area contributed by atoms with Gasteiger partial charge in [-0.1, -0.05) is 6.07 Å². The van der Waals surface area contributed by atoms with Gasteiger partial charge < -0.3 is 5.11 Å². The predicted molar refractivity (Wildman–Crippen MR) is 80.4 cm³/mol. The van der Waals surface area contributed by atoms with E-state index in [0.29, 0.717) is 16.1 Å². The molecule has 2 N–H and O–H groups in total. The van der Waals surface area contributed by atoms with Crippen molar-refractivity contribution in [3.8, 4) is 5.75 Å². The normalized spacial score (nSPS) is 11.5. The lowest BCUT2D eigenvalue weighted by atomic mass is 10.2. The first-order valence-corrected chi connectivity index (χ1v) is 8.48. The van der Waals surface area contributed by atoms with Crippen LogP contribution in [0.3, 0.4) is 0 Å². The summed E-state index contributed by atoms with van der Waals surface area (Å²) in [5, 5.41) is 9.59. The molecular formula is C12H12BrNO3S2. The third-order valence-electron chi connectivity index (χ3n) is 2.68. The summed E-state index contributed by atoms with van der Waals surface area (Å²) in [7, 11) is -3.64. The Kier molecular flexibility index (Phi) is 3.89. The first kappa shape index (κ1) is 14.4. The zero-order valence-corrected chi connectivity index (χ0v) is 13.5. The average Bonchev–Trinajstić information content (AvgIpc) is 2.65. The monoisotopic (exact) mass is 361 g/mol. The van der Waals surface area contributed by atoms with Crippen LogP contribution >= 0.6 is 27.3 Å². The van der Waals surface area contributed by atoms with E-state index in [2.05, 4.69) is 20.7 Å². The first-order chi connectivity index (χ1) is 8.81. The van der Waals surface area contributed by atoms with Crippen molar-refractivity contribution in [3.63, 3.8) is 0 Å². The van der Waals surface area contributed by atoms with Crippen molar-refractivity contribution in [1.29, 1.82) is 0 Å². The minimum Gasteiger partial charge on any atom is -0.508 e. The van der Waals surface area contributed by atoms with Crippen LogP contribution in [0.4, 0.5) is 5.69 Å². The van der Waals surface area contributed by atoms with Crippen molar-refractivity contribution in [2.75, 3.05) is 4.72 Å². The molecule has 1 aromatic carbocycles. The van der Waals surface area contributed by atoms with Crippen LogP contribution < -0.4 is 4.72 Å². The minimum absolute atomic E-state index is 0.0587. The second kappa shape index (κ2) is 5.15. The van der Waals surface area contributed by atoms with Crippen molar-refractivity contribution >= 4 is 43.0 Å². The molecule has 0 aliphatic heterocycles. The summed E-state index contributed by atoms with van der Waals surface area (Å²) < 4.78 is 27.8. The van der Waals surface area contributed by atoms with Crippen molar-refractivity contribution in [3.05, 3.63) is 38.5 Å². The van der Waals surface area contributed by atoms with Gasteiger partial charge >= 0.3 is 0 Å². The minimum atomic E-state index is -3.64. The van der Waals surface area contributed by atoms with Gasteiger partial charge in [0.25, 0.3) is 10.0 Å². The van der Waals surface area contributed by atoms with E-state index >= 15 is 0 Å². The number of phenols is 1. The highest BCUT2D eigenvalue weighted by Crippen LogP contribution is 2.32. The standard InChI is InChI=1S/C12H12BrNO3S2/c1-7-9(4-3-5-10(7)15)14-19(16,17)11-6-12(13)18-8(11)2/h3-6,14-15H,1-2H3. The fraction of sp³-hybridized carbons (Fsp3) is 0.167. The second-order valence-electron chi connectivity index (χ2n) is 4.03. The molecule has 0 saturated carbocycles. The summed E-state index contributed by atoms with van der Waals surface area (Å²) in [5.41, 5.74) is 0.875. The van der Waals surface area contributed by atoms with Crippen LogP contribution in [0.2, 0.25) is 0 Å². The second-order valence-corrected chi connectivity index (χ2v) is 8.31. The third-order valence-corrected chi connectivity index (χ3v) is 5.86. The molecule has 0 aliphatic carbocycles. The van der Waals surface area contributed by atoms with Crippen LogP contribution in [0.15, 0.2) is 32.9 Å². The van der Waals surface area contributed by atoms with Gasteiger partial charge in [0.1, 0.15) is 10.6 Å². The Bertz CT molecular complexity index is 723. The fourth-order valence-electron chi connectivity index (χ4n) is 1.63. The van der Waals surface area contributed by atoms with Gasteiger partial charge in [-0.15, -0.1) is 11.3 Å². The van der Waals surface area contributed by atoms with E-state index in [0.717, 1.165) is 3.79 Å². The topological polar surface area (TPSA) is 66.4 Å². The molecule has 0 bridgehead atoms. The Labute approximate surface area is 124 Å². The number of aromatic hydroxyl groups is 1. The van der Waals surface area contributed by atoms with Crippen LogP contribution in [0.5, 0.6) is 5.75 Å². The lowest BCUT2D eigenvalue weighted by molar-refractivity contribution is 0.471. The number of sulfonamides is 1. The van der Waals surface area contributed by atoms with Gasteiger partial charge in [0.05, 0.1) is 9.47 Å². The molecule has 7 heteroatoms. The van der Waals surface area contributed by atoms with Crippen LogP contribution in [0.25, 0.3) is 0 Å². The summed E-state index contributed by atoms with van der Waals surface area (Å²) in [6.07, 6.45) is 0. The number of rotatable bonds is 3. The summed E-state index contributed by atoms with van der Waals surface area (Å²) in [6.45, 7) is 3.41. The number of anilines is 1. The van der Waals surface area contributed by atoms with Crippen molar-refractivity contribution in [2.45, 2.75) is 18.7 Å². The van der Waals surface area contributed by atoms with Gasteiger partial charge in [-0.25, -0.2) is 8.42 Å². The maximum atomic E-state index is 12.3. The number of hydrogen-bond acceptors (Lipinski definition) is 4. The summed E-state index contributed by atoms with van der Waals surface area (Å²) in [6, 6.07) is 6.29. The van der Waals surface area contributed by atoms with E-state index in [1.165, 1.54) is 17.4 Å². The number of nitrogens with one attached hydrogen (secondary N) is 1. The number of phenolic OH excluding ortho intramolecular Hbond substituents is 1. The SMILES string of the molecule is Cc1sc(Br)cc1S(=O)(=O)Nc1cccc(O)c1C. The molecule has 1 aromatic heterocycles. The predicted octanol–water partition coefficient (Wildman–Crippen LogP) is 3.63. The summed E-state index contributed by atoms with van der Waals surface area (Å²) >= 11 is 4.64. The van der Waals surface area contributed by atoms with Crippen molar-refractivity contribution in [2.24, 2.45) is 0 Å². The zero-order valence-electron chi connectivity index (χ0n) is 10.3. The van der Waals surface area contributed by atoms with Gasteiger partial charge in [0, 0.05) is 10.4 Å². The van der Waals surface area contributed by atoms with E-state index in [4.69, 9.17) is 0 Å². The molecule has 0 radical (unpaired) electrons. The van der Waals surface area contributed by atoms with E-state index in [-0.39, 0.29) is 10.6 Å². The number of aryl methyl sites for hydroxylation is 1. The first-order valence-electron chi connectivity index (χ1n) is 5.38. The molecule has 2 rings (SSSR count). The van der Waals surface area contributed by atoms with E-state index in [9.17, 15) is 13.5 Å². The number of benzene rings is 1. The van der Waals surface area contributed by atoms with Gasteiger partial charge in [0.2, 0.25) is 0 Å². The van der Waals surface area contributed by atoms with Crippen molar-refractivity contribution in [1.82, 2.24) is 0 Å². The molecule has 4 nitrogen and oxygen atoms in total. The number of halogens is 1. The molecule has 2 aromatic rings. The third kappa shape index (κ3) is 2.93. The summed E-state index contributed by atoms with van der Waals surface area (Å²) in [4.78, 5) is 0.948. The Morgan fingerprint density at radius 1 is 1.32 bits per heavy atom. The average molecular weight is 362 g/mol. The fourth-order valence-corrected chi connectivity index (χ4v) is 5.17. The summed E-state index contributed by atoms with van der Waals surface area (Å²) in [5.74, 6) is 0.0587. The molecule has 0 aliphatic rings. The van der Waals surface area contributed by atoms with Gasteiger partial charge in [-0.05, 0) is 48.0 Å². The van der Waals surface area contributed by atoms with E-state index in [1.807, 2.05) is 0 Å². The lowest BCUT2D eigenvalue weighted by Gasteiger charge is -2.11. The molecular weight excluding hydrogens is 350 g/mol. The maximum Gasteiger partial charge on any atom is 0.263 e. The lowest BCUT2D eigenvalue weighted by Crippen LogP contribution is -2.13. The highest BCUT2D eigenvalue weighted by Gasteiger charge is 2.20. The maximum absolute atomic E-state index is 12.3.